The Kier molecular flexibility index (Phi) is 4.52. The normalized spacial score (nSPS) is 12.4. The third-order valence-corrected chi connectivity index (χ3v) is 2.84. The van der Waals surface area contributed by atoms with Gasteiger partial charge in [-0.25, -0.2) is 9.37 Å². The highest BCUT2D eigenvalue weighted by Crippen LogP contribution is 2.24. The van der Waals surface area contributed by atoms with E-state index < -0.39 is 0 Å². The Morgan fingerprint density at radius 3 is 3.00 bits per heavy atom. The zero-order valence-corrected chi connectivity index (χ0v) is 10.9. The minimum Gasteiger partial charge on any atom is -0.493 e. The van der Waals surface area contributed by atoms with Gasteiger partial charge in [-0.3, -0.25) is 0 Å². The molecule has 0 spiro atoms. The van der Waals surface area contributed by atoms with E-state index in [1.165, 1.54) is 12.1 Å². The lowest BCUT2D eigenvalue weighted by molar-refractivity contribution is 0.296. The lowest BCUT2D eigenvalue weighted by Crippen LogP contribution is -2.10. The lowest BCUT2D eigenvalue weighted by Gasteiger charge is -2.14. The fourth-order valence-corrected chi connectivity index (χ4v) is 1.86. The third kappa shape index (κ3) is 3.79. The predicted molar refractivity (Wildman–Crippen MR) is 71.3 cm³/mol. The average Bonchev–Trinajstić information content (AvgIpc) is 2.87. The molecule has 0 fully saturated rings. The summed E-state index contributed by atoms with van der Waals surface area (Å²) in [4.78, 5) is 3.96. The highest BCUT2D eigenvalue weighted by Gasteiger charge is 2.09. The molecular weight excluding hydrogens is 245 g/mol. The number of halogens is 1. The number of aromatic nitrogens is 2. The number of hydrogen-bond acceptors (Lipinski definition) is 3. The van der Waals surface area contributed by atoms with E-state index in [2.05, 4.69) is 4.98 Å². The molecule has 1 heterocycles. The molecule has 0 amide bonds. The molecule has 19 heavy (non-hydrogen) atoms. The second-order valence-corrected chi connectivity index (χ2v) is 4.47. The van der Waals surface area contributed by atoms with Crippen LogP contribution in [0, 0.1) is 5.82 Å². The van der Waals surface area contributed by atoms with Crippen LogP contribution < -0.4 is 10.5 Å². The molecule has 0 radical (unpaired) electrons. The first-order valence-corrected chi connectivity index (χ1v) is 6.30. The van der Waals surface area contributed by atoms with E-state index in [4.69, 9.17) is 10.5 Å². The maximum absolute atomic E-state index is 13.2. The zero-order valence-electron chi connectivity index (χ0n) is 10.9. The van der Waals surface area contributed by atoms with Crippen molar-refractivity contribution in [3.63, 3.8) is 0 Å². The minimum absolute atomic E-state index is 0.177. The van der Waals surface area contributed by atoms with Crippen molar-refractivity contribution in [1.82, 2.24) is 9.55 Å². The van der Waals surface area contributed by atoms with Gasteiger partial charge < -0.3 is 15.0 Å². The van der Waals surface area contributed by atoms with Crippen LogP contribution in [0.1, 0.15) is 24.9 Å². The van der Waals surface area contributed by atoms with Crippen LogP contribution in [0.4, 0.5) is 4.39 Å². The Labute approximate surface area is 112 Å². The molecule has 0 saturated carbocycles. The molecular formula is C14H18FN3O. The summed E-state index contributed by atoms with van der Waals surface area (Å²) in [6.07, 6.45) is 6.22. The van der Waals surface area contributed by atoms with Gasteiger partial charge in [0.05, 0.1) is 12.9 Å². The van der Waals surface area contributed by atoms with Gasteiger partial charge in [0, 0.05) is 36.6 Å². The van der Waals surface area contributed by atoms with Crippen LogP contribution in [0.5, 0.6) is 5.75 Å². The fourth-order valence-electron chi connectivity index (χ4n) is 1.86. The summed E-state index contributed by atoms with van der Waals surface area (Å²) in [5.41, 5.74) is 6.65. The largest absolute Gasteiger partial charge is 0.493 e. The summed E-state index contributed by atoms with van der Waals surface area (Å²) in [7, 11) is 0. The topological polar surface area (TPSA) is 53.1 Å². The van der Waals surface area contributed by atoms with Gasteiger partial charge in [-0.2, -0.15) is 0 Å². The van der Waals surface area contributed by atoms with Crippen molar-refractivity contribution in [2.45, 2.75) is 25.9 Å². The Morgan fingerprint density at radius 1 is 1.47 bits per heavy atom. The second-order valence-electron chi connectivity index (χ2n) is 4.47. The highest BCUT2D eigenvalue weighted by atomic mass is 19.1. The van der Waals surface area contributed by atoms with Gasteiger partial charge in [-0.05, 0) is 19.4 Å². The number of aryl methyl sites for hydroxylation is 1. The standard InChI is InChI=1S/C14H18FN3O/c1-11(16)13-4-3-12(15)9-14(13)19-8-2-6-18-7-5-17-10-18/h3-5,7,9-11H,2,6,8,16H2,1H3. The lowest BCUT2D eigenvalue weighted by atomic mass is 10.1. The Bertz CT molecular complexity index is 511. The number of ether oxygens (including phenoxy) is 1. The van der Waals surface area contributed by atoms with E-state index in [0.717, 1.165) is 18.5 Å². The second kappa shape index (κ2) is 6.33. The predicted octanol–water partition coefficient (Wildman–Crippen LogP) is 2.51. The first-order valence-electron chi connectivity index (χ1n) is 6.30. The van der Waals surface area contributed by atoms with Crippen LogP contribution in [-0.4, -0.2) is 16.2 Å². The number of nitrogens with zero attached hydrogens (tertiary/aromatic N) is 2. The van der Waals surface area contributed by atoms with E-state index in [1.807, 2.05) is 17.7 Å². The van der Waals surface area contributed by atoms with Crippen LogP contribution in [0.25, 0.3) is 0 Å². The zero-order chi connectivity index (χ0) is 13.7. The van der Waals surface area contributed by atoms with Crippen molar-refractivity contribution >= 4 is 0 Å². The van der Waals surface area contributed by atoms with Crippen molar-refractivity contribution in [3.8, 4) is 5.75 Å². The first kappa shape index (κ1) is 13.5. The molecule has 102 valence electrons. The quantitative estimate of drug-likeness (QED) is 0.815. The molecule has 1 aromatic carbocycles. The average molecular weight is 263 g/mol. The van der Waals surface area contributed by atoms with Crippen molar-refractivity contribution in [3.05, 3.63) is 48.3 Å². The first-order chi connectivity index (χ1) is 9.16. The molecule has 0 bridgehead atoms. The molecule has 0 saturated heterocycles. The summed E-state index contributed by atoms with van der Waals surface area (Å²) < 4.78 is 20.8. The van der Waals surface area contributed by atoms with Crippen LogP contribution in [0.3, 0.4) is 0 Å². The molecule has 0 aliphatic rings. The molecule has 2 aromatic rings. The maximum atomic E-state index is 13.2. The van der Waals surface area contributed by atoms with Crippen LogP contribution in [0.2, 0.25) is 0 Å². The number of hydrogen-bond donors (Lipinski definition) is 1. The fraction of sp³-hybridized carbons (Fsp3) is 0.357. The summed E-state index contributed by atoms with van der Waals surface area (Å²) in [5.74, 6) is 0.217. The maximum Gasteiger partial charge on any atom is 0.126 e. The molecule has 2 N–H and O–H groups in total. The van der Waals surface area contributed by atoms with Crippen molar-refractivity contribution in [1.29, 1.82) is 0 Å². The van der Waals surface area contributed by atoms with Gasteiger partial charge in [0.2, 0.25) is 0 Å². The van der Waals surface area contributed by atoms with Crippen molar-refractivity contribution in [2.24, 2.45) is 5.73 Å². The van der Waals surface area contributed by atoms with Crippen molar-refractivity contribution < 1.29 is 9.13 Å². The van der Waals surface area contributed by atoms with Crippen molar-refractivity contribution in [2.75, 3.05) is 6.61 Å². The number of benzene rings is 1. The Balaban J connectivity index is 1.89. The summed E-state index contributed by atoms with van der Waals surface area (Å²) in [5, 5.41) is 0. The van der Waals surface area contributed by atoms with Gasteiger partial charge in [0.1, 0.15) is 11.6 Å². The Morgan fingerprint density at radius 2 is 2.32 bits per heavy atom. The number of nitrogens with two attached hydrogens (primary N) is 1. The van der Waals surface area contributed by atoms with E-state index in [-0.39, 0.29) is 11.9 Å². The van der Waals surface area contributed by atoms with Gasteiger partial charge >= 0.3 is 0 Å². The molecule has 2 rings (SSSR count). The Hall–Kier alpha value is -1.88. The summed E-state index contributed by atoms with van der Waals surface area (Å²) in [6, 6.07) is 4.28. The van der Waals surface area contributed by atoms with E-state index >= 15 is 0 Å². The van der Waals surface area contributed by atoms with Gasteiger partial charge in [0.15, 0.2) is 0 Å². The molecule has 1 aromatic heterocycles. The van der Waals surface area contributed by atoms with E-state index in [9.17, 15) is 4.39 Å². The van der Waals surface area contributed by atoms with Gasteiger partial charge in [-0.15, -0.1) is 0 Å². The minimum atomic E-state index is -0.311. The monoisotopic (exact) mass is 263 g/mol. The van der Waals surface area contributed by atoms with Crippen LogP contribution in [-0.2, 0) is 6.54 Å². The van der Waals surface area contributed by atoms with E-state index in [1.54, 1.807) is 18.6 Å². The SMILES string of the molecule is CC(N)c1ccc(F)cc1OCCCn1ccnc1. The highest BCUT2D eigenvalue weighted by molar-refractivity contribution is 5.36. The molecule has 5 heteroatoms. The number of rotatable bonds is 6. The third-order valence-electron chi connectivity index (χ3n) is 2.84. The summed E-state index contributed by atoms with van der Waals surface area (Å²) >= 11 is 0. The molecule has 0 aliphatic carbocycles. The van der Waals surface area contributed by atoms with Crippen LogP contribution in [0.15, 0.2) is 36.9 Å². The molecule has 1 unspecified atom stereocenters. The molecule has 1 atom stereocenters. The molecule has 0 aliphatic heterocycles. The van der Waals surface area contributed by atoms with Gasteiger partial charge in [0.25, 0.3) is 0 Å². The number of imidazole rings is 1. The summed E-state index contributed by atoms with van der Waals surface area (Å²) in [6.45, 7) is 3.19. The molecule has 4 nitrogen and oxygen atoms in total. The van der Waals surface area contributed by atoms with Gasteiger partial charge in [-0.1, -0.05) is 6.07 Å². The smallest absolute Gasteiger partial charge is 0.126 e. The van der Waals surface area contributed by atoms with Crippen LogP contribution >= 0.6 is 0 Å². The van der Waals surface area contributed by atoms with E-state index in [0.29, 0.717) is 12.4 Å².